The maximum absolute atomic E-state index is 10.3. The minimum Gasteiger partial charge on any atom is -0.465 e. The van der Waals surface area contributed by atoms with Gasteiger partial charge in [-0.3, -0.25) is 0 Å². The first-order chi connectivity index (χ1) is 5.56. The molecule has 72 valence electrons. The molecule has 0 aromatic heterocycles. The van der Waals surface area contributed by atoms with Gasteiger partial charge in [0.2, 0.25) is 0 Å². The molecule has 0 aliphatic heterocycles. The lowest BCUT2D eigenvalue weighted by atomic mass is 10.0. The molecule has 0 radical (unpaired) electrons. The molecule has 0 saturated heterocycles. The van der Waals surface area contributed by atoms with Gasteiger partial charge in [0.15, 0.2) is 0 Å². The maximum Gasteiger partial charge on any atom is 0.404 e. The fourth-order valence-electron chi connectivity index (χ4n) is 1.15. The predicted molar refractivity (Wildman–Crippen MR) is 46.1 cm³/mol. The first-order valence-electron chi connectivity index (χ1n) is 4.16. The highest BCUT2D eigenvalue weighted by atomic mass is 16.4. The molecule has 0 aromatic rings. The van der Waals surface area contributed by atoms with Crippen LogP contribution >= 0.6 is 0 Å². The van der Waals surface area contributed by atoms with Crippen molar-refractivity contribution in [3.8, 4) is 0 Å². The summed E-state index contributed by atoms with van der Waals surface area (Å²) in [5, 5.41) is 19.4. The fourth-order valence-corrected chi connectivity index (χ4v) is 1.15. The van der Waals surface area contributed by atoms with Crippen LogP contribution in [0.1, 0.15) is 26.7 Å². The van der Waals surface area contributed by atoms with Crippen molar-refractivity contribution in [3.05, 3.63) is 0 Å². The molecule has 0 aliphatic carbocycles. The van der Waals surface area contributed by atoms with E-state index in [0.717, 1.165) is 6.42 Å². The summed E-state index contributed by atoms with van der Waals surface area (Å²) in [5.41, 5.74) is 0. The Morgan fingerprint density at radius 1 is 1.50 bits per heavy atom. The quantitative estimate of drug-likeness (QED) is 0.585. The lowest BCUT2D eigenvalue weighted by molar-refractivity contribution is 0.182. The molecule has 4 nitrogen and oxygen atoms in total. The van der Waals surface area contributed by atoms with E-state index >= 15 is 0 Å². The van der Waals surface area contributed by atoms with E-state index in [9.17, 15) is 4.79 Å². The Labute approximate surface area is 72.6 Å². The second kappa shape index (κ2) is 5.83. The molecule has 1 amide bonds. The number of carboxylic acid groups (broad SMARTS) is 1. The minimum absolute atomic E-state index is 0.0255. The van der Waals surface area contributed by atoms with Crippen molar-refractivity contribution in [3.63, 3.8) is 0 Å². The van der Waals surface area contributed by atoms with Crippen LogP contribution < -0.4 is 5.32 Å². The summed E-state index contributed by atoms with van der Waals surface area (Å²) >= 11 is 0. The summed E-state index contributed by atoms with van der Waals surface area (Å²) < 4.78 is 0. The Hall–Kier alpha value is -0.770. The number of aliphatic hydroxyl groups excluding tert-OH is 1. The van der Waals surface area contributed by atoms with Crippen LogP contribution in [0.3, 0.4) is 0 Å². The van der Waals surface area contributed by atoms with Crippen molar-refractivity contribution in [1.29, 1.82) is 0 Å². The van der Waals surface area contributed by atoms with Gasteiger partial charge < -0.3 is 15.5 Å². The molecule has 0 spiro atoms. The highest BCUT2D eigenvalue weighted by molar-refractivity contribution is 5.64. The second-order valence-electron chi connectivity index (χ2n) is 3.29. The Bertz CT molecular complexity index is 136. The van der Waals surface area contributed by atoms with Gasteiger partial charge in [0.1, 0.15) is 0 Å². The molecule has 12 heavy (non-hydrogen) atoms. The summed E-state index contributed by atoms with van der Waals surface area (Å²) in [6, 6.07) is -0.118. The van der Waals surface area contributed by atoms with E-state index < -0.39 is 6.09 Å². The van der Waals surface area contributed by atoms with Gasteiger partial charge >= 0.3 is 6.09 Å². The van der Waals surface area contributed by atoms with Crippen molar-refractivity contribution in [2.24, 2.45) is 5.92 Å². The van der Waals surface area contributed by atoms with E-state index in [1.165, 1.54) is 0 Å². The molecule has 4 heteroatoms. The van der Waals surface area contributed by atoms with Crippen molar-refractivity contribution >= 4 is 6.09 Å². The van der Waals surface area contributed by atoms with Crippen LogP contribution in [-0.2, 0) is 0 Å². The summed E-state index contributed by atoms with van der Waals surface area (Å²) in [6.45, 7) is 4.07. The van der Waals surface area contributed by atoms with Gasteiger partial charge in [-0.2, -0.15) is 0 Å². The Kier molecular flexibility index (Phi) is 5.45. The number of hydrogen-bond acceptors (Lipinski definition) is 2. The van der Waals surface area contributed by atoms with Crippen LogP contribution in [0.5, 0.6) is 0 Å². The number of nitrogens with one attached hydrogen (secondary N) is 1. The van der Waals surface area contributed by atoms with E-state index in [1.54, 1.807) is 0 Å². The molecule has 3 N–H and O–H groups in total. The van der Waals surface area contributed by atoms with Gasteiger partial charge in [-0.15, -0.1) is 0 Å². The van der Waals surface area contributed by atoms with Gasteiger partial charge in [0.25, 0.3) is 0 Å². The zero-order valence-corrected chi connectivity index (χ0v) is 7.58. The first-order valence-corrected chi connectivity index (χ1v) is 4.16. The number of aliphatic hydroxyl groups is 1. The molecule has 0 aromatic carbocycles. The molecule has 0 aliphatic rings. The molecule has 0 fully saturated rings. The lowest BCUT2D eigenvalue weighted by Gasteiger charge is -2.17. The average Bonchev–Trinajstić information content (AvgIpc) is 1.84. The minimum atomic E-state index is -1.02. The van der Waals surface area contributed by atoms with Crippen molar-refractivity contribution in [2.75, 3.05) is 6.61 Å². The van der Waals surface area contributed by atoms with Crippen LogP contribution in [0.4, 0.5) is 4.79 Å². The topological polar surface area (TPSA) is 69.6 Å². The summed E-state index contributed by atoms with van der Waals surface area (Å²) in [7, 11) is 0. The summed E-state index contributed by atoms with van der Waals surface area (Å²) in [4.78, 5) is 10.3. The van der Waals surface area contributed by atoms with Gasteiger partial charge in [-0.1, -0.05) is 13.8 Å². The van der Waals surface area contributed by atoms with Gasteiger partial charge in [0.05, 0.1) is 0 Å². The summed E-state index contributed by atoms with van der Waals surface area (Å²) in [6.07, 6.45) is 0.242. The third-order valence-electron chi connectivity index (χ3n) is 1.56. The molecule has 0 saturated carbocycles. The zero-order valence-electron chi connectivity index (χ0n) is 7.58. The molecule has 0 bridgehead atoms. The van der Waals surface area contributed by atoms with Crippen LogP contribution in [-0.4, -0.2) is 29.0 Å². The lowest BCUT2D eigenvalue weighted by Crippen LogP contribution is -2.35. The number of hydrogen-bond donors (Lipinski definition) is 3. The Morgan fingerprint density at radius 2 is 2.08 bits per heavy atom. The van der Waals surface area contributed by atoms with Crippen LogP contribution in [0, 0.1) is 5.92 Å². The number of rotatable bonds is 5. The summed E-state index contributed by atoms with van der Waals surface area (Å²) in [5.74, 6) is 0.438. The van der Waals surface area contributed by atoms with Crippen LogP contribution in [0.25, 0.3) is 0 Å². The molecular weight excluding hydrogens is 158 g/mol. The van der Waals surface area contributed by atoms with Gasteiger partial charge in [-0.05, 0) is 18.8 Å². The predicted octanol–water partition coefficient (Wildman–Crippen LogP) is 1.05. The molecule has 1 atom stereocenters. The Morgan fingerprint density at radius 3 is 2.42 bits per heavy atom. The molecular formula is C8H17NO3. The van der Waals surface area contributed by atoms with E-state index in [-0.39, 0.29) is 12.6 Å². The van der Waals surface area contributed by atoms with Crippen molar-refractivity contribution in [1.82, 2.24) is 5.32 Å². The van der Waals surface area contributed by atoms with E-state index in [1.807, 2.05) is 13.8 Å². The fraction of sp³-hybridized carbons (Fsp3) is 0.875. The van der Waals surface area contributed by atoms with Gasteiger partial charge in [-0.25, -0.2) is 4.79 Å². The van der Waals surface area contributed by atoms with E-state index in [0.29, 0.717) is 12.3 Å². The maximum atomic E-state index is 10.3. The smallest absolute Gasteiger partial charge is 0.404 e. The van der Waals surface area contributed by atoms with Crippen LogP contribution in [0.2, 0.25) is 0 Å². The third-order valence-corrected chi connectivity index (χ3v) is 1.56. The van der Waals surface area contributed by atoms with Crippen LogP contribution in [0.15, 0.2) is 0 Å². The van der Waals surface area contributed by atoms with Crippen molar-refractivity contribution < 1.29 is 15.0 Å². The standard InChI is InChI=1S/C8H17NO3/c1-6(2)5-7(3-4-10)9-8(11)12/h6-7,9-10H,3-5H2,1-2H3,(H,11,12). The normalized spacial score (nSPS) is 13.0. The SMILES string of the molecule is CC(C)CC(CCO)NC(=O)O. The second-order valence-corrected chi connectivity index (χ2v) is 3.29. The number of amides is 1. The highest BCUT2D eigenvalue weighted by Gasteiger charge is 2.11. The largest absolute Gasteiger partial charge is 0.465 e. The first kappa shape index (κ1) is 11.2. The molecule has 0 rings (SSSR count). The zero-order chi connectivity index (χ0) is 9.56. The Balaban J connectivity index is 3.77. The van der Waals surface area contributed by atoms with E-state index in [2.05, 4.69) is 5.32 Å². The van der Waals surface area contributed by atoms with E-state index in [4.69, 9.17) is 10.2 Å². The molecule has 0 heterocycles. The monoisotopic (exact) mass is 175 g/mol. The molecule has 1 unspecified atom stereocenters. The highest BCUT2D eigenvalue weighted by Crippen LogP contribution is 2.07. The average molecular weight is 175 g/mol. The third kappa shape index (κ3) is 5.97. The van der Waals surface area contributed by atoms with Crippen molar-refractivity contribution in [2.45, 2.75) is 32.7 Å². The van der Waals surface area contributed by atoms with Gasteiger partial charge in [0, 0.05) is 12.6 Å². The number of carbonyl (C=O) groups is 1.